The van der Waals surface area contributed by atoms with E-state index in [-0.39, 0.29) is 6.10 Å². The topological polar surface area (TPSA) is 97.4 Å². The molecular weight excluding hydrogens is 382 g/mol. The molecule has 0 radical (unpaired) electrons. The Bertz CT molecular complexity index is 1130. The second kappa shape index (κ2) is 8.17. The number of fused-ring (bicyclic) bond motifs is 1. The molecule has 152 valence electrons. The molecule has 0 bridgehead atoms. The third-order valence-corrected chi connectivity index (χ3v) is 5.24. The van der Waals surface area contributed by atoms with Gasteiger partial charge in [-0.2, -0.15) is 0 Å². The van der Waals surface area contributed by atoms with Crippen LogP contribution in [-0.2, 0) is 6.54 Å². The first-order valence-electron chi connectivity index (χ1n) is 9.88. The Balaban J connectivity index is 1.20. The first-order chi connectivity index (χ1) is 14.7. The van der Waals surface area contributed by atoms with Crippen LogP contribution < -0.4 is 4.74 Å². The molecule has 0 saturated carbocycles. The number of hydrogen-bond donors (Lipinski definition) is 1. The van der Waals surface area contributed by atoms with Gasteiger partial charge in [0, 0.05) is 43.3 Å². The highest BCUT2D eigenvalue weighted by Gasteiger charge is 2.30. The van der Waals surface area contributed by atoms with E-state index < -0.39 is 6.10 Å². The number of aliphatic hydroxyl groups excluding tert-OH is 1. The van der Waals surface area contributed by atoms with E-state index in [1.54, 1.807) is 18.6 Å². The van der Waals surface area contributed by atoms with Gasteiger partial charge >= 0.3 is 0 Å². The van der Waals surface area contributed by atoms with Crippen LogP contribution in [0.4, 0.5) is 0 Å². The smallest absolute Gasteiger partial charge is 0.249 e. The Morgan fingerprint density at radius 1 is 1.07 bits per heavy atom. The summed E-state index contributed by atoms with van der Waals surface area (Å²) >= 11 is 0. The summed E-state index contributed by atoms with van der Waals surface area (Å²) in [6, 6.07) is 11.6. The summed E-state index contributed by atoms with van der Waals surface area (Å²) in [5.74, 6) is 1.70. The van der Waals surface area contributed by atoms with Crippen molar-refractivity contribution >= 4 is 10.8 Å². The third-order valence-electron chi connectivity index (χ3n) is 5.24. The van der Waals surface area contributed by atoms with Crippen molar-refractivity contribution in [3.63, 3.8) is 0 Å². The van der Waals surface area contributed by atoms with Crippen molar-refractivity contribution < 1.29 is 14.3 Å². The first-order valence-corrected chi connectivity index (χ1v) is 9.88. The maximum absolute atomic E-state index is 10.6. The zero-order valence-corrected chi connectivity index (χ0v) is 16.3. The molecule has 30 heavy (non-hydrogen) atoms. The lowest BCUT2D eigenvalue weighted by Crippen LogP contribution is -2.48. The molecule has 5 rings (SSSR count). The number of hydrogen-bond acceptors (Lipinski definition) is 8. The molecular formula is C22H21N5O3. The van der Waals surface area contributed by atoms with Gasteiger partial charge in [0.25, 0.3) is 0 Å². The highest BCUT2D eigenvalue weighted by atomic mass is 16.5. The van der Waals surface area contributed by atoms with Gasteiger partial charge < -0.3 is 14.3 Å². The number of rotatable bonds is 5. The van der Waals surface area contributed by atoms with Gasteiger partial charge in [-0.15, -0.1) is 10.2 Å². The van der Waals surface area contributed by atoms with Crippen LogP contribution in [0.3, 0.4) is 0 Å². The predicted molar refractivity (Wildman–Crippen MR) is 110 cm³/mol. The fraction of sp³-hybridized carbons (Fsp3) is 0.273. The lowest BCUT2D eigenvalue weighted by Gasteiger charge is -2.35. The molecule has 8 heteroatoms. The summed E-state index contributed by atoms with van der Waals surface area (Å²) in [6.07, 6.45) is 6.80. The molecule has 0 amide bonds. The molecule has 1 saturated heterocycles. The molecule has 4 aromatic rings. The monoisotopic (exact) mass is 403 g/mol. The standard InChI is InChI=1S/C22H21N5O3/c28-19-13-27(14-21-25-26-22(30-21)16-2-1-7-23-11-16)9-6-20(19)29-18-4-3-15-5-8-24-12-17(15)10-18/h1-5,7-8,10-12,19-20,28H,6,9,13-14H2/t19-,20-/m1/s1. The van der Waals surface area contributed by atoms with Crippen LogP contribution in [0.15, 0.2) is 65.6 Å². The number of ether oxygens (including phenoxy) is 1. The average molecular weight is 403 g/mol. The third kappa shape index (κ3) is 4.00. The molecule has 1 fully saturated rings. The number of likely N-dealkylation sites (tertiary alicyclic amines) is 1. The van der Waals surface area contributed by atoms with E-state index in [1.165, 1.54) is 0 Å². The molecule has 0 spiro atoms. The largest absolute Gasteiger partial charge is 0.488 e. The van der Waals surface area contributed by atoms with Crippen molar-refractivity contribution in [2.75, 3.05) is 13.1 Å². The molecule has 4 heterocycles. The van der Waals surface area contributed by atoms with E-state index in [1.807, 2.05) is 42.6 Å². The molecule has 0 aliphatic carbocycles. The Morgan fingerprint density at radius 2 is 2.00 bits per heavy atom. The Labute approximate surface area is 173 Å². The molecule has 8 nitrogen and oxygen atoms in total. The molecule has 3 aromatic heterocycles. The summed E-state index contributed by atoms with van der Waals surface area (Å²) < 4.78 is 11.8. The van der Waals surface area contributed by atoms with Crippen LogP contribution in [0.1, 0.15) is 12.3 Å². The van der Waals surface area contributed by atoms with Crippen LogP contribution in [0.5, 0.6) is 5.75 Å². The second-order valence-corrected chi connectivity index (χ2v) is 7.37. The molecule has 1 N–H and O–H groups in total. The minimum atomic E-state index is -0.607. The van der Waals surface area contributed by atoms with Gasteiger partial charge in [-0.25, -0.2) is 0 Å². The highest BCUT2D eigenvalue weighted by Crippen LogP contribution is 2.24. The number of piperidine rings is 1. The van der Waals surface area contributed by atoms with Crippen LogP contribution >= 0.6 is 0 Å². The average Bonchev–Trinajstić information content (AvgIpc) is 3.25. The minimum absolute atomic E-state index is 0.260. The fourth-order valence-electron chi connectivity index (χ4n) is 3.68. The molecule has 2 atom stereocenters. The first kappa shape index (κ1) is 18.7. The second-order valence-electron chi connectivity index (χ2n) is 7.37. The van der Waals surface area contributed by atoms with E-state index in [4.69, 9.17) is 9.15 Å². The maximum atomic E-state index is 10.6. The van der Waals surface area contributed by atoms with E-state index in [9.17, 15) is 5.11 Å². The van der Waals surface area contributed by atoms with E-state index in [0.717, 1.165) is 28.6 Å². The summed E-state index contributed by atoms with van der Waals surface area (Å²) in [5, 5.41) is 21.0. The molecule has 1 aliphatic heterocycles. The van der Waals surface area contributed by atoms with Gasteiger partial charge in [0.05, 0.1) is 12.1 Å². The summed E-state index contributed by atoms with van der Waals surface area (Å²) in [6.45, 7) is 1.73. The highest BCUT2D eigenvalue weighted by molar-refractivity contribution is 5.82. The summed E-state index contributed by atoms with van der Waals surface area (Å²) in [5.41, 5.74) is 0.786. The normalized spacial score (nSPS) is 19.8. The Kier molecular flexibility index (Phi) is 5.08. The van der Waals surface area contributed by atoms with Gasteiger partial charge in [-0.05, 0) is 42.1 Å². The predicted octanol–water partition coefficient (Wildman–Crippen LogP) is 2.69. The van der Waals surface area contributed by atoms with Crippen LogP contribution in [0.2, 0.25) is 0 Å². The number of pyridine rings is 2. The Hall–Kier alpha value is -3.36. The summed E-state index contributed by atoms with van der Waals surface area (Å²) in [7, 11) is 0. The fourth-order valence-corrected chi connectivity index (χ4v) is 3.68. The van der Waals surface area contributed by atoms with Crippen molar-refractivity contribution in [1.82, 2.24) is 25.1 Å². The van der Waals surface area contributed by atoms with Crippen LogP contribution in [0.25, 0.3) is 22.2 Å². The van der Waals surface area contributed by atoms with Gasteiger partial charge in [0.1, 0.15) is 18.0 Å². The SMILES string of the molecule is O[C@@H]1CN(Cc2nnc(-c3cccnc3)o2)CC[C@H]1Oc1ccc2ccncc2c1. The lowest BCUT2D eigenvalue weighted by atomic mass is 10.0. The Morgan fingerprint density at radius 3 is 2.87 bits per heavy atom. The quantitative estimate of drug-likeness (QED) is 0.543. The van der Waals surface area contributed by atoms with Crippen molar-refractivity contribution in [1.29, 1.82) is 0 Å². The number of benzene rings is 1. The van der Waals surface area contributed by atoms with Gasteiger partial charge in [0.15, 0.2) is 0 Å². The maximum Gasteiger partial charge on any atom is 0.249 e. The zero-order valence-electron chi connectivity index (χ0n) is 16.3. The van der Waals surface area contributed by atoms with Gasteiger partial charge in [-0.3, -0.25) is 14.9 Å². The van der Waals surface area contributed by atoms with E-state index in [0.29, 0.717) is 31.3 Å². The lowest BCUT2D eigenvalue weighted by molar-refractivity contribution is -0.0292. The number of aromatic nitrogens is 4. The van der Waals surface area contributed by atoms with Crippen molar-refractivity contribution in [2.45, 2.75) is 25.2 Å². The number of β-amino-alcohol motifs (C(OH)–C–C–N with tert-alkyl or cyclic N) is 1. The van der Waals surface area contributed by atoms with Crippen LogP contribution in [0, 0.1) is 0 Å². The molecule has 1 aliphatic rings. The number of nitrogens with zero attached hydrogens (tertiary/aromatic N) is 5. The minimum Gasteiger partial charge on any atom is -0.488 e. The zero-order chi connectivity index (χ0) is 20.3. The van der Waals surface area contributed by atoms with Crippen molar-refractivity contribution in [3.05, 3.63) is 67.1 Å². The van der Waals surface area contributed by atoms with Crippen molar-refractivity contribution in [3.8, 4) is 17.2 Å². The van der Waals surface area contributed by atoms with E-state index in [2.05, 4.69) is 25.1 Å². The summed E-state index contributed by atoms with van der Waals surface area (Å²) in [4.78, 5) is 10.3. The van der Waals surface area contributed by atoms with Gasteiger partial charge in [0.2, 0.25) is 11.8 Å². The molecule has 0 unspecified atom stereocenters. The van der Waals surface area contributed by atoms with Gasteiger partial charge in [-0.1, -0.05) is 6.07 Å². The van der Waals surface area contributed by atoms with Crippen LogP contribution in [-0.4, -0.2) is 55.5 Å². The van der Waals surface area contributed by atoms with E-state index >= 15 is 0 Å². The van der Waals surface area contributed by atoms with Crippen molar-refractivity contribution in [2.24, 2.45) is 0 Å². The number of aliphatic hydroxyl groups is 1. The molecule has 1 aromatic carbocycles.